The first-order valence-corrected chi connectivity index (χ1v) is 5.88. The Balaban J connectivity index is 2.16. The quantitative estimate of drug-likeness (QED) is 0.746. The first kappa shape index (κ1) is 10.8. The summed E-state index contributed by atoms with van der Waals surface area (Å²) < 4.78 is 1.92. The molecule has 3 rings (SSSR count). The minimum absolute atomic E-state index is 0.979. The van der Waals surface area contributed by atoms with Gasteiger partial charge < -0.3 is 0 Å². The second-order valence-corrected chi connectivity index (χ2v) is 4.34. The zero-order valence-electron chi connectivity index (χ0n) is 10.4. The van der Waals surface area contributed by atoms with Crippen LogP contribution in [-0.2, 0) is 0 Å². The number of H-pyrrole nitrogens is 1. The van der Waals surface area contributed by atoms with Crippen LogP contribution in [0.15, 0.2) is 42.6 Å². The molecule has 0 spiro atoms. The summed E-state index contributed by atoms with van der Waals surface area (Å²) in [5.41, 5.74) is 5.19. The number of hydrogen-bond donors (Lipinski definition) is 1. The molecule has 0 aliphatic heterocycles. The van der Waals surface area contributed by atoms with Gasteiger partial charge in [0.05, 0.1) is 17.6 Å². The van der Waals surface area contributed by atoms with Crippen LogP contribution >= 0.6 is 0 Å². The molecule has 0 unspecified atom stereocenters. The Morgan fingerprint density at radius 2 is 1.89 bits per heavy atom. The molecule has 0 fully saturated rings. The molecule has 1 aromatic carbocycles. The largest absolute Gasteiger partial charge is 0.276 e. The molecule has 2 heterocycles. The van der Waals surface area contributed by atoms with Crippen molar-refractivity contribution in [2.24, 2.45) is 0 Å². The van der Waals surface area contributed by atoms with Crippen LogP contribution < -0.4 is 0 Å². The number of rotatable bonds is 2. The van der Waals surface area contributed by atoms with E-state index in [4.69, 9.17) is 0 Å². The summed E-state index contributed by atoms with van der Waals surface area (Å²) in [6.07, 6.45) is 1.81. The van der Waals surface area contributed by atoms with Crippen LogP contribution in [0.4, 0.5) is 0 Å². The molecule has 90 valence electrons. The van der Waals surface area contributed by atoms with E-state index in [1.54, 1.807) is 0 Å². The Bertz CT molecular complexity index is 664. The second-order valence-electron chi connectivity index (χ2n) is 4.34. The SMILES string of the molecule is Cc1cc(C)n(-c2cn[nH]c2-c2ccccc2)n1. The molecule has 0 saturated carbocycles. The molecule has 18 heavy (non-hydrogen) atoms. The predicted molar refractivity (Wildman–Crippen MR) is 70.6 cm³/mol. The fourth-order valence-electron chi connectivity index (χ4n) is 2.13. The van der Waals surface area contributed by atoms with E-state index in [0.717, 1.165) is 28.3 Å². The topological polar surface area (TPSA) is 46.5 Å². The summed E-state index contributed by atoms with van der Waals surface area (Å²) >= 11 is 0. The minimum Gasteiger partial charge on any atom is -0.276 e. The summed E-state index contributed by atoms with van der Waals surface area (Å²) in [5.74, 6) is 0. The van der Waals surface area contributed by atoms with Crippen molar-refractivity contribution in [2.75, 3.05) is 0 Å². The molecular weight excluding hydrogens is 224 g/mol. The van der Waals surface area contributed by atoms with Gasteiger partial charge in [-0.05, 0) is 19.9 Å². The van der Waals surface area contributed by atoms with Crippen molar-refractivity contribution in [1.82, 2.24) is 20.0 Å². The van der Waals surface area contributed by atoms with Gasteiger partial charge >= 0.3 is 0 Å². The van der Waals surface area contributed by atoms with Gasteiger partial charge in [0, 0.05) is 11.3 Å². The number of aryl methyl sites for hydroxylation is 2. The molecule has 0 bridgehead atoms. The number of aromatic nitrogens is 4. The van der Waals surface area contributed by atoms with E-state index in [1.165, 1.54) is 0 Å². The molecule has 0 radical (unpaired) electrons. The molecule has 4 heteroatoms. The van der Waals surface area contributed by atoms with Crippen molar-refractivity contribution in [3.8, 4) is 16.9 Å². The van der Waals surface area contributed by atoms with Crippen LogP contribution in [-0.4, -0.2) is 20.0 Å². The highest BCUT2D eigenvalue weighted by Gasteiger charge is 2.12. The molecule has 2 aromatic heterocycles. The number of nitrogens with one attached hydrogen (secondary N) is 1. The van der Waals surface area contributed by atoms with Crippen LogP contribution in [0, 0.1) is 13.8 Å². The van der Waals surface area contributed by atoms with Crippen molar-refractivity contribution in [2.45, 2.75) is 13.8 Å². The van der Waals surface area contributed by atoms with Crippen LogP contribution in [0.25, 0.3) is 16.9 Å². The Hall–Kier alpha value is -2.36. The Labute approximate surface area is 105 Å². The lowest BCUT2D eigenvalue weighted by atomic mass is 10.1. The first-order valence-electron chi connectivity index (χ1n) is 5.88. The minimum atomic E-state index is 0.979. The van der Waals surface area contributed by atoms with E-state index in [-0.39, 0.29) is 0 Å². The normalized spacial score (nSPS) is 10.8. The van der Waals surface area contributed by atoms with E-state index in [2.05, 4.69) is 33.5 Å². The van der Waals surface area contributed by atoms with Crippen LogP contribution in [0.2, 0.25) is 0 Å². The molecule has 0 saturated heterocycles. The van der Waals surface area contributed by atoms with Gasteiger partial charge in [0.25, 0.3) is 0 Å². The highest BCUT2D eigenvalue weighted by atomic mass is 15.3. The molecule has 0 aliphatic rings. The summed E-state index contributed by atoms with van der Waals surface area (Å²) in [6, 6.07) is 12.2. The molecule has 0 atom stereocenters. The maximum atomic E-state index is 4.50. The average Bonchev–Trinajstić information content (AvgIpc) is 2.96. The van der Waals surface area contributed by atoms with E-state index in [0.29, 0.717) is 0 Å². The van der Waals surface area contributed by atoms with Gasteiger partial charge in [-0.15, -0.1) is 0 Å². The van der Waals surface area contributed by atoms with Gasteiger partial charge in [0.1, 0.15) is 5.69 Å². The van der Waals surface area contributed by atoms with E-state index in [1.807, 2.05) is 42.9 Å². The van der Waals surface area contributed by atoms with E-state index >= 15 is 0 Å². The van der Waals surface area contributed by atoms with Crippen LogP contribution in [0.3, 0.4) is 0 Å². The summed E-state index contributed by atoms with van der Waals surface area (Å²) in [5, 5.41) is 11.7. The van der Waals surface area contributed by atoms with Gasteiger partial charge in [0.15, 0.2) is 0 Å². The van der Waals surface area contributed by atoms with Crippen LogP contribution in [0.1, 0.15) is 11.4 Å². The number of nitrogens with zero attached hydrogens (tertiary/aromatic N) is 3. The van der Waals surface area contributed by atoms with E-state index in [9.17, 15) is 0 Å². The first-order chi connectivity index (χ1) is 8.75. The molecule has 4 nitrogen and oxygen atoms in total. The maximum Gasteiger partial charge on any atom is 0.110 e. The zero-order valence-corrected chi connectivity index (χ0v) is 10.4. The van der Waals surface area contributed by atoms with E-state index < -0.39 is 0 Å². The monoisotopic (exact) mass is 238 g/mol. The molecule has 3 aromatic rings. The zero-order chi connectivity index (χ0) is 12.5. The summed E-state index contributed by atoms with van der Waals surface area (Å²) in [6.45, 7) is 4.04. The van der Waals surface area contributed by atoms with Gasteiger partial charge in [-0.25, -0.2) is 4.68 Å². The highest BCUT2D eigenvalue weighted by Crippen LogP contribution is 2.24. The molecular formula is C14H14N4. The fraction of sp³-hybridized carbons (Fsp3) is 0.143. The third kappa shape index (κ3) is 1.72. The van der Waals surface area contributed by atoms with Crippen molar-refractivity contribution in [3.63, 3.8) is 0 Å². The number of benzene rings is 1. The lowest BCUT2D eigenvalue weighted by Gasteiger charge is -2.05. The average molecular weight is 238 g/mol. The maximum absolute atomic E-state index is 4.50. The Kier molecular flexibility index (Phi) is 2.48. The van der Waals surface area contributed by atoms with Crippen molar-refractivity contribution < 1.29 is 0 Å². The van der Waals surface area contributed by atoms with Crippen molar-refractivity contribution in [1.29, 1.82) is 0 Å². The smallest absolute Gasteiger partial charge is 0.110 e. The third-order valence-corrected chi connectivity index (χ3v) is 2.92. The fourth-order valence-corrected chi connectivity index (χ4v) is 2.13. The van der Waals surface area contributed by atoms with Crippen LogP contribution in [0.5, 0.6) is 0 Å². The highest BCUT2D eigenvalue weighted by molar-refractivity contribution is 5.68. The molecule has 0 aliphatic carbocycles. The summed E-state index contributed by atoms with van der Waals surface area (Å²) in [4.78, 5) is 0. The van der Waals surface area contributed by atoms with Gasteiger partial charge in [-0.2, -0.15) is 10.2 Å². The molecule has 1 N–H and O–H groups in total. The molecule has 0 amide bonds. The number of hydrogen-bond acceptors (Lipinski definition) is 2. The second kappa shape index (κ2) is 4.14. The lowest BCUT2D eigenvalue weighted by molar-refractivity contribution is 0.836. The lowest BCUT2D eigenvalue weighted by Crippen LogP contribution is -1.99. The van der Waals surface area contributed by atoms with Crippen molar-refractivity contribution in [3.05, 3.63) is 54.0 Å². The standard InChI is InChI=1S/C14H14N4/c1-10-8-11(2)18(17-10)13-9-15-16-14(13)12-6-4-3-5-7-12/h3-9H,1-2H3,(H,15,16). The van der Waals surface area contributed by atoms with Crippen molar-refractivity contribution >= 4 is 0 Å². The van der Waals surface area contributed by atoms with Gasteiger partial charge in [-0.3, -0.25) is 5.10 Å². The third-order valence-electron chi connectivity index (χ3n) is 2.92. The predicted octanol–water partition coefficient (Wildman–Crippen LogP) is 2.88. The summed E-state index contributed by atoms with van der Waals surface area (Å²) in [7, 11) is 0. The van der Waals surface area contributed by atoms with Gasteiger partial charge in [-0.1, -0.05) is 30.3 Å². The van der Waals surface area contributed by atoms with Gasteiger partial charge in [0.2, 0.25) is 0 Å². The number of aromatic amines is 1. The Morgan fingerprint density at radius 1 is 1.11 bits per heavy atom. The Morgan fingerprint density at radius 3 is 2.56 bits per heavy atom.